The van der Waals surface area contributed by atoms with E-state index in [0.717, 1.165) is 36.9 Å². The largest absolute Gasteiger partial charge is 0.508 e. The molecule has 1 fully saturated rings. The predicted molar refractivity (Wildman–Crippen MR) is 111 cm³/mol. The molecule has 1 saturated carbocycles. The van der Waals surface area contributed by atoms with Crippen molar-refractivity contribution in [3.8, 4) is 17.0 Å². The second-order valence-electron chi connectivity index (χ2n) is 7.36. The SMILES string of the molecule is O=C1N(c2ccc(-c3ccc(O)cc3)nc2)c2nc(Cl)nc(Cl)c2C12CCCC2. The van der Waals surface area contributed by atoms with E-state index >= 15 is 0 Å². The van der Waals surface area contributed by atoms with Crippen molar-refractivity contribution in [3.63, 3.8) is 0 Å². The van der Waals surface area contributed by atoms with Gasteiger partial charge in [0, 0.05) is 11.1 Å². The lowest BCUT2D eigenvalue weighted by Gasteiger charge is -2.23. The van der Waals surface area contributed by atoms with Crippen LogP contribution in [0, 0.1) is 0 Å². The van der Waals surface area contributed by atoms with Crippen molar-refractivity contribution >= 4 is 40.6 Å². The Morgan fingerprint density at radius 3 is 2.38 bits per heavy atom. The topological polar surface area (TPSA) is 79.2 Å². The standard InChI is InChI=1S/C21H16Cl2N4O2/c22-17-16-18(26-20(23)25-17)27(19(29)21(16)9-1-2-10-21)13-5-8-15(24-11-13)12-3-6-14(28)7-4-12/h3-8,11,28H,1-2,9-10H2. The van der Waals surface area contributed by atoms with Crippen molar-refractivity contribution in [1.29, 1.82) is 0 Å². The van der Waals surface area contributed by atoms with E-state index in [0.29, 0.717) is 17.1 Å². The van der Waals surface area contributed by atoms with E-state index in [1.807, 2.05) is 12.1 Å². The molecule has 1 aliphatic heterocycles. The van der Waals surface area contributed by atoms with Crippen LogP contribution >= 0.6 is 23.2 Å². The van der Waals surface area contributed by atoms with E-state index < -0.39 is 5.41 Å². The van der Waals surface area contributed by atoms with Gasteiger partial charge in [-0.05, 0) is 60.8 Å². The summed E-state index contributed by atoms with van der Waals surface area (Å²) in [6, 6.07) is 10.4. The maximum absolute atomic E-state index is 13.5. The van der Waals surface area contributed by atoms with Crippen LogP contribution in [0.1, 0.15) is 31.2 Å². The van der Waals surface area contributed by atoms with Crippen LogP contribution < -0.4 is 4.90 Å². The Morgan fingerprint density at radius 1 is 1.00 bits per heavy atom. The molecule has 29 heavy (non-hydrogen) atoms. The summed E-state index contributed by atoms with van der Waals surface area (Å²) in [5, 5.41) is 9.71. The Bertz CT molecular complexity index is 1110. The number of aromatic nitrogens is 3. The molecule has 5 rings (SSSR count). The second-order valence-corrected chi connectivity index (χ2v) is 8.06. The number of phenols is 1. The van der Waals surface area contributed by atoms with E-state index in [2.05, 4.69) is 15.0 Å². The third-order valence-corrected chi connectivity index (χ3v) is 6.19. The van der Waals surface area contributed by atoms with Gasteiger partial charge >= 0.3 is 0 Å². The lowest BCUT2D eigenvalue weighted by Crippen LogP contribution is -2.36. The zero-order chi connectivity index (χ0) is 20.2. The number of amides is 1. The van der Waals surface area contributed by atoms with Crippen molar-refractivity contribution in [2.24, 2.45) is 0 Å². The molecule has 1 N–H and O–H groups in total. The van der Waals surface area contributed by atoms with Gasteiger partial charge in [0.1, 0.15) is 10.9 Å². The number of anilines is 2. The number of halogens is 2. The number of rotatable bonds is 2. The normalized spacial score (nSPS) is 17.2. The minimum absolute atomic E-state index is 0.00951. The number of hydrogen-bond acceptors (Lipinski definition) is 5. The minimum atomic E-state index is -0.688. The summed E-state index contributed by atoms with van der Waals surface area (Å²) in [5.41, 5.74) is 2.19. The number of benzene rings is 1. The fourth-order valence-corrected chi connectivity index (χ4v) is 4.94. The zero-order valence-electron chi connectivity index (χ0n) is 15.3. The number of nitrogens with zero attached hydrogens (tertiary/aromatic N) is 4. The third-order valence-electron chi connectivity index (χ3n) is 5.75. The van der Waals surface area contributed by atoms with Gasteiger partial charge in [0.05, 0.1) is 23.0 Å². The number of pyridine rings is 1. The molecule has 3 heterocycles. The molecule has 3 aromatic rings. The summed E-state index contributed by atoms with van der Waals surface area (Å²) in [6.07, 6.45) is 4.99. The van der Waals surface area contributed by atoms with E-state index in [9.17, 15) is 9.90 Å². The number of carbonyl (C=O) groups is 1. The summed E-state index contributed by atoms with van der Waals surface area (Å²) < 4.78 is 0. The van der Waals surface area contributed by atoms with Gasteiger partial charge in [0.25, 0.3) is 0 Å². The van der Waals surface area contributed by atoms with Crippen LogP contribution in [0.2, 0.25) is 10.4 Å². The molecule has 2 aromatic heterocycles. The average molecular weight is 427 g/mol. The second kappa shape index (κ2) is 6.68. The van der Waals surface area contributed by atoms with Gasteiger partial charge < -0.3 is 5.11 Å². The highest BCUT2D eigenvalue weighted by atomic mass is 35.5. The Labute approximate surface area is 177 Å². The van der Waals surface area contributed by atoms with Crippen LogP contribution in [0.3, 0.4) is 0 Å². The lowest BCUT2D eigenvalue weighted by atomic mass is 9.81. The summed E-state index contributed by atoms with van der Waals surface area (Å²) in [4.78, 5) is 28.1. The molecule has 1 spiro atoms. The maximum atomic E-state index is 13.5. The molecule has 6 nitrogen and oxygen atoms in total. The van der Waals surface area contributed by atoms with E-state index in [1.54, 1.807) is 35.4 Å². The van der Waals surface area contributed by atoms with Crippen molar-refractivity contribution < 1.29 is 9.90 Å². The number of hydrogen-bond donors (Lipinski definition) is 1. The highest BCUT2D eigenvalue weighted by Crippen LogP contribution is 2.54. The number of aromatic hydroxyl groups is 1. The van der Waals surface area contributed by atoms with Gasteiger partial charge in [0.2, 0.25) is 11.2 Å². The molecule has 0 unspecified atom stereocenters. The smallest absolute Gasteiger partial charge is 0.243 e. The van der Waals surface area contributed by atoms with Gasteiger partial charge in [0.15, 0.2) is 5.82 Å². The molecule has 0 radical (unpaired) electrons. The summed E-state index contributed by atoms with van der Waals surface area (Å²) in [5.74, 6) is 0.587. The van der Waals surface area contributed by atoms with Gasteiger partial charge in [-0.2, -0.15) is 4.98 Å². The van der Waals surface area contributed by atoms with Crippen LogP contribution in [0.4, 0.5) is 11.5 Å². The van der Waals surface area contributed by atoms with Crippen LogP contribution in [0.15, 0.2) is 42.6 Å². The quantitative estimate of drug-likeness (QED) is 0.458. The Hall–Kier alpha value is -2.70. The summed E-state index contributed by atoms with van der Waals surface area (Å²) in [7, 11) is 0. The fourth-order valence-electron chi connectivity index (χ4n) is 4.39. The lowest BCUT2D eigenvalue weighted by molar-refractivity contribution is -0.122. The van der Waals surface area contributed by atoms with Gasteiger partial charge in [-0.15, -0.1) is 0 Å². The van der Waals surface area contributed by atoms with Crippen molar-refractivity contribution in [2.45, 2.75) is 31.1 Å². The zero-order valence-corrected chi connectivity index (χ0v) is 16.8. The van der Waals surface area contributed by atoms with Crippen molar-refractivity contribution in [3.05, 3.63) is 58.6 Å². The number of carbonyl (C=O) groups excluding carboxylic acids is 1. The molecule has 1 aromatic carbocycles. The molecular formula is C21H16Cl2N4O2. The van der Waals surface area contributed by atoms with E-state index in [1.165, 1.54) is 0 Å². The molecule has 0 atom stereocenters. The van der Waals surface area contributed by atoms with E-state index in [4.69, 9.17) is 23.2 Å². The Kier molecular flexibility index (Phi) is 4.22. The molecule has 1 amide bonds. The monoisotopic (exact) mass is 426 g/mol. The minimum Gasteiger partial charge on any atom is -0.508 e. The third kappa shape index (κ3) is 2.78. The van der Waals surface area contributed by atoms with Gasteiger partial charge in [-0.1, -0.05) is 24.4 Å². The van der Waals surface area contributed by atoms with Crippen LogP contribution in [0.5, 0.6) is 5.75 Å². The van der Waals surface area contributed by atoms with Crippen LogP contribution in [0.25, 0.3) is 11.3 Å². The number of fused-ring (bicyclic) bond motifs is 2. The first-order valence-electron chi connectivity index (χ1n) is 9.33. The first kappa shape index (κ1) is 18.3. The highest BCUT2D eigenvalue weighted by molar-refractivity contribution is 6.34. The molecule has 2 aliphatic rings. The average Bonchev–Trinajstić information content (AvgIpc) is 3.28. The van der Waals surface area contributed by atoms with Crippen LogP contribution in [-0.2, 0) is 10.2 Å². The summed E-state index contributed by atoms with van der Waals surface area (Å²) in [6.45, 7) is 0. The van der Waals surface area contributed by atoms with E-state index in [-0.39, 0.29) is 22.1 Å². The first-order valence-corrected chi connectivity index (χ1v) is 10.1. The highest BCUT2D eigenvalue weighted by Gasteiger charge is 2.55. The molecule has 8 heteroatoms. The summed E-state index contributed by atoms with van der Waals surface area (Å²) >= 11 is 12.5. The maximum Gasteiger partial charge on any atom is 0.243 e. The van der Waals surface area contributed by atoms with Crippen molar-refractivity contribution in [2.75, 3.05) is 4.90 Å². The van der Waals surface area contributed by atoms with Gasteiger partial charge in [-0.3, -0.25) is 14.7 Å². The number of phenolic OH excluding ortho intramolecular Hbond substituents is 1. The molecule has 1 aliphatic carbocycles. The Balaban J connectivity index is 1.60. The van der Waals surface area contributed by atoms with Crippen LogP contribution in [-0.4, -0.2) is 26.0 Å². The van der Waals surface area contributed by atoms with Crippen molar-refractivity contribution in [1.82, 2.24) is 15.0 Å². The molecule has 0 saturated heterocycles. The Morgan fingerprint density at radius 2 is 1.72 bits per heavy atom. The molecular weight excluding hydrogens is 411 g/mol. The predicted octanol–water partition coefficient (Wildman–Crippen LogP) is 5.04. The first-order chi connectivity index (χ1) is 14.0. The molecule has 0 bridgehead atoms. The van der Waals surface area contributed by atoms with Gasteiger partial charge in [-0.25, -0.2) is 4.98 Å². The molecule has 146 valence electrons. The fraction of sp³-hybridized carbons (Fsp3) is 0.238.